The van der Waals surface area contributed by atoms with Crippen LogP contribution in [0.4, 0.5) is 0 Å². The summed E-state index contributed by atoms with van der Waals surface area (Å²) < 4.78 is 6.15. The molecule has 0 radical (unpaired) electrons. The molecule has 0 aliphatic heterocycles. The van der Waals surface area contributed by atoms with Gasteiger partial charge in [0.1, 0.15) is 4.83 Å². The lowest BCUT2D eigenvalue weighted by atomic mass is 10.0. The largest absolute Gasteiger partial charge is 0.308 e. The van der Waals surface area contributed by atoms with Crippen molar-refractivity contribution in [2.24, 2.45) is 0 Å². The predicted molar refractivity (Wildman–Crippen MR) is 207 cm³/mol. The molecule has 49 heavy (non-hydrogen) atoms. The Hall–Kier alpha value is -6.30. The van der Waals surface area contributed by atoms with E-state index in [2.05, 4.69) is 148 Å². The van der Waals surface area contributed by atoms with Crippen molar-refractivity contribution < 1.29 is 0 Å². The van der Waals surface area contributed by atoms with Gasteiger partial charge in [-0.25, -0.2) is 9.97 Å². The van der Waals surface area contributed by atoms with Gasteiger partial charge >= 0.3 is 0 Å². The fourth-order valence-electron chi connectivity index (χ4n) is 8.48. The van der Waals surface area contributed by atoms with E-state index in [4.69, 9.17) is 9.97 Å². The Balaban J connectivity index is 1.40. The van der Waals surface area contributed by atoms with E-state index >= 15 is 0 Å². The third-order valence-electron chi connectivity index (χ3n) is 10.4. The average molecular weight is 641 g/mol. The molecule has 0 aliphatic carbocycles. The van der Waals surface area contributed by atoms with E-state index in [1.165, 1.54) is 75.2 Å². The molecule has 5 heterocycles. The number of nitrogens with zero attached hydrogens (tertiary/aromatic N) is 4. The Bertz CT molecular complexity index is 3330. The van der Waals surface area contributed by atoms with E-state index in [-0.39, 0.29) is 0 Å². The minimum Gasteiger partial charge on any atom is -0.308 e. The number of aromatic nitrogens is 4. The van der Waals surface area contributed by atoms with E-state index in [1.807, 2.05) is 6.07 Å². The van der Waals surface area contributed by atoms with Crippen molar-refractivity contribution >= 4 is 102 Å². The van der Waals surface area contributed by atoms with Crippen LogP contribution in [0.25, 0.3) is 108 Å². The molecule has 0 fully saturated rings. The number of thiophene rings is 1. The number of benzene rings is 7. The van der Waals surface area contributed by atoms with Crippen LogP contribution in [0.3, 0.4) is 0 Å². The number of para-hydroxylation sites is 2. The second kappa shape index (κ2) is 9.19. The maximum Gasteiger partial charge on any atom is 0.163 e. The first-order chi connectivity index (χ1) is 24.3. The molecule has 12 rings (SSSR count). The lowest BCUT2D eigenvalue weighted by Crippen LogP contribution is -2.02. The first-order valence-electron chi connectivity index (χ1n) is 16.6. The molecular weight excluding hydrogens is 617 g/mol. The van der Waals surface area contributed by atoms with Crippen LogP contribution in [0.15, 0.2) is 146 Å². The molecule has 0 aliphatic rings. The summed E-state index contributed by atoms with van der Waals surface area (Å²) in [4.78, 5) is 11.8. The summed E-state index contributed by atoms with van der Waals surface area (Å²) in [7, 11) is 0. The summed E-state index contributed by atoms with van der Waals surface area (Å²) in [5.74, 6) is 1.65. The maximum absolute atomic E-state index is 5.54. The number of fused-ring (bicyclic) bond motifs is 15. The van der Waals surface area contributed by atoms with Crippen molar-refractivity contribution in [1.29, 1.82) is 0 Å². The van der Waals surface area contributed by atoms with Crippen LogP contribution in [0, 0.1) is 0 Å². The van der Waals surface area contributed by atoms with E-state index in [9.17, 15) is 0 Å². The molecule has 0 bridgehead atoms. The Morgan fingerprint density at radius 2 is 1.14 bits per heavy atom. The summed E-state index contributed by atoms with van der Waals surface area (Å²) in [5.41, 5.74) is 7.04. The smallest absolute Gasteiger partial charge is 0.163 e. The highest BCUT2D eigenvalue weighted by atomic mass is 32.1. The summed E-state index contributed by atoms with van der Waals surface area (Å²) in [5, 5.41) is 12.3. The number of hydrogen-bond acceptors (Lipinski definition) is 3. The zero-order valence-electron chi connectivity index (χ0n) is 26.1. The SMILES string of the molecule is c1ccc(-c2nc(-n3c4ccc5ccccc5c4c4cc5c6ccccc6n6c7ccccc7c(c43)c56)c3c(n2)sc2ccccc23)cc1. The number of rotatable bonds is 2. The van der Waals surface area contributed by atoms with Crippen LogP contribution in [-0.2, 0) is 0 Å². The molecule has 0 amide bonds. The van der Waals surface area contributed by atoms with Gasteiger partial charge in [-0.3, -0.25) is 4.57 Å². The number of hydrogen-bond donors (Lipinski definition) is 0. The zero-order valence-corrected chi connectivity index (χ0v) is 26.9. The van der Waals surface area contributed by atoms with Crippen LogP contribution >= 0.6 is 11.3 Å². The van der Waals surface area contributed by atoms with Gasteiger partial charge in [0, 0.05) is 48.0 Å². The molecule has 0 N–H and O–H groups in total. The minimum absolute atomic E-state index is 0.734. The lowest BCUT2D eigenvalue weighted by molar-refractivity contribution is 1.08. The normalized spacial score (nSPS) is 12.5. The highest BCUT2D eigenvalue weighted by Gasteiger charge is 2.27. The summed E-state index contributed by atoms with van der Waals surface area (Å²) in [6, 6.07) is 52.5. The lowest BCUT2D eigenvalue weighted by Gasteiger charge is -2.12. The Kier molecular flexibility index (Phi) is 4.83. The standard InChI is InChI=1S/C44H24N4S/c1-2-13-26(14-3-1)42-45-43(39-30-18-8-11-21-36(30)49-44(39)46-42)48-35-23-22-25-12-4-5-15-27(25)37(35)32-24-31-28-16-6-9-19-33(28)47-34-20-10-7-17-29(34)38(40(31)47)41(32)48/h1-24H. The molecule has 226 valence electrons. The van der Waals surface area contributed by atoms with Gasteiger partial charge in [0.2, 0.25) is 0 Å². The monoisotopic (exact) mass is 640 g/mol. The Morgan fingerprint density at radius 3 is 2.00 bits per heavy atom. The molecule has 5 heteroatoms. The Labute approximate surface area is 283 Å². The first kappa shape index (κ1) is 25.7. The van der Waals surface area contributed by atoms with Crippen molar-refractivity contribution in [3.05, 3.63) is 146 Å². The van der Waals surface area contributed by atoms with Gasteiger partial charge in [0.25, 0.3) is 0 Å². The van der Waals surface area contributed by atoms with Gasteiger partial charge in [0.15, 0.2) is 11.6 Å². The molecule has 12 aromatic rings. The van der Waals surface area contributed by atoms with Crippen molar-refractivity contribution in [2.45, 2.75) is 0 Å². The predicted octanol–water partition coefficient (Wildman–Crippen LogP) is 11.9. The topological polar surface area (TPSA) is 35.1 Å². The van der Waals surface area contributed by atoms with Gasteiger partial charge in [-0.1, -0.05) is 115 Å². The van der Waals surface area contributed by atoms with Gasteiger partial charge in [-0.2, -0.15) is 0 Å². The quantitative estimate of drug-likeness (QED) is 0.188. The maximum atomic E-state index is 5.54. The zero-order chi connectivity index (χ0) is 31.8. The van der Waals surface area contributed by atoms with Crippen LogP contribution in [0.2, 0.25) is 0 Å². The molecule has 7 aromatic carbocycles. The van der Waals surface area contributed by atoms with E-state index in [0.717, 1.165) is 32.9 Å². The Morgan fingerprint density at radius 1 is 0.449 bits per heavy atom. The fourth-order valence-corrected chi connectivity index (χ4v) is 9.55. The third kappa shape index (κ3) is 3.23. The second-order valence-corrected chi connectivity index (χ2v) is 14.0. The molecular formula is C44H24N4S. The van der Waals surface area contributed by atoms with Crippen molar-refractivity contribution in [2.75, 3.05) is 0 Å². The van der Waals surface area contributed by atoms with Gasteiger partial charge in [-0.05, 0) is 41.1 Å². The van der Waals surface area contributed by atoms with Gasteiger partial charge in [0.05, 0.1) is 33.0 Å². The molecule has 0 atom stereocenters. The first-order valence-corrected chi connectivity index (χ1v) is 17.4. The van der Waals surface area contributed by atoms with E-state index in [0.29, 0.717) is 0 Å². The molecule has 5 aromatic heterocycles. The summed E-state index contributed by atoms with van der Waals surface area (Å²) in [6.07, 6.45) is 0. The van der Waals surface area contributed by atoms with Crippen LogP contribution in [0.1, 0.15) is 0 Å². The molecule has 4 nitrogen and oxygen atoms in total. The minimum atomic E-state index is 0.734. The van der Waals surface area contributed by atoms with Crippen molar-refractivity contribution in [3.8, 4) is 17.2 Å². The fraction of sp³-hybridized carbons (Fsp3) is 0. The second-order valence-electron chi connectivity index (χ2n) is 12.9. The van der Waals surface area contributed by atoms with Crippen molar-refractivity contribution in [3.63, 3.8) is 0 Å². The molecule has 0 saturated carbocycles. The van der Waals surface area contributed by atoms with E-state index < -0.39 is 0 Å². The van der Waals surface area contributed by atoms with Crippen LogP contribution < -0.4 is 0 Å². The summed E-state index contributed by atoms with van der Waals surface area (Å²) in [6.45, 7) is 0. The average Bonchev–Trinajstić information content (AvgIpc) is 3.90. The molecule has 0 unspecified atom stereocenters. The summed E-state index contributed by atoms with van der Waals surface area (Å²) >= 11 is 1.74. The molecule has 0 saturated heterocycles. The highest BCUT2D eigenvalue weighted by molar-refractivity contribution is 7.25. The van der Waals surface area contributed by atoms with Gasteiger partial charge in [-0.15, -0.1) is 11.3 Å². The van der Waals surface area contributed by atoms with Crippen LogP contribution in [0.5, 0.6) is 0 Å². The van der Waals surface area contributed by atoms with Gasteiger partial charge < -0.3 is 4.40 Å². The van der Waals surface area contributed by atoms with Crippen LogP contribution in [-0.4, -0.2) is 18.9 Å². The van der Waals surface area contributed by atoms with E-state index in [1.54, 1.807) is 11.3 Å². The molecule has 0 spiro atoms. The third-order valence-corrected chi connectivity index (χ3v) is 11.5. The van der Waals surface area contributed by atoms with Crippen molar-refractivity contribution in [1.82, 2.24) is 18.9 Å². The highest BCUT2D eigenvalue weighted by Crippen LogP contribution is 2.49.